The normalized spacial score (nSPS) is 15.5. The third-order valence-corrected chi connectivity index (χ3v) is 5.76. The van der Waals surface area contributed by atoms with Gasteiger partial charge in [0.05, 0.1) is 32.4 Å². The number of ether oxygens (including phenoxy) is 2. The first-order chi connectivity index (χ1) is 13.0. The van der Waals surface area contributed by atoms with Crippen LogP contribution < -0.4 is 10.1 Å². The van der Waals surface area contributed by atoms with E-state index < -0.39 is 0 Å². The van der Waals surface area contributed by atoms with Gasteiger partial charge in [0.1, 0.15) is 10.8 Å². The number of aromatic nitrogens is 1. The minimum Gasteiger partial charge on any atom is -0.497 e. The summed E-state index contributed by atoms with van der Waals surface area (Å²) in [5.41, 5.74) is 1.74. The van der Waals surface area contributed by atoms with E-state index in [0.717, 1.165) is 48.3 Å². The number of carbonyl (C=O) groups excluding carboxylic acids is 1. The molecule has 0 spiro atoms. The zero-order chi connectivity index (χ0) is 19.3. The Morgan fingerprint density at radius 2 is 2.00 bits per heavy atom. The molecule has 1 aliphatic rings. The van der Waals surface area contributed by atoms with Gasteiger partial charge in [-0.1, -0.05) is 0 Å². The molecular formula is C20H27N3O3S. The molecule has 6 nitrogen and oxygen atoms in total. The number of morpholine rings is 1. The van der Waals surface area contributed by atoms with Gasteiger partial charge in [-0.25, -0.2) is 4.98 Å². The molecule has 1 aromatic heterocycles. The van der Waals surface area contributed by atoms with E-state index in [0.29, 0.717) is 13.0 Å². The number of nitrogens with one attached hydrogen (secondary N) is 1. The summed E-state index contributed by atoms with van der Waals surface area (Å²) in [5.74, 6) is 0.820. The maximum absolute atomic E-state index is 12.4. The summed E-state index contributed by atoms with van der Waals surface area (Å²) in [7, 11) is 1.65. The molecular weight excluding hydrogens is 362 g/mol. The fourth-order valence-electron chi connectivity index (χ4n) is 3.08. The summed E-state index contributed by atoms with van der Waals surface area (Å²) in [4.78, 5) is 19.3. The number of methoxy groups -OCH3 is 1. The molecule has 27 heavy (non-hydrogen) atoms. The van der Waals surface area contributed by atoms with E-state index >= 15 is 0 Å². The van der Waals surface area contributed by atoms with Gasteiger partial charge in [-0.2, -0.15) is 0 Å². The predicted molar refractivity (Wildman–Crippen MR) is 107 cm³/mol. The fourth-order valence-corrected chi connectivity index (χ4v) is 3.90. The van der Waals surface area contributed by atoms with Gasteiger partial charge >= 0.3 is 0 Å². The standard InChI is InChI=1S/C20H27N3O3S/c1-20(2,23-8-10-26-11-9-23)14-21-18(24)12-16-13-27-19(22-16)15-4-6-17(25-3)7-5-15/h4-7,13H,8-12,14H2,1-3H3,(H,21,24). The zero-order valence-electron chi connectivity index (χ0n) is 16.2. The second-order valence-corrected chi connectivity index (χ2v) is 8.10. The highest BCUT2D eigenvalue weighted by Crippen LogP contribution is 2.26. The van der Waals surface area contributed by atoms with Crippen molar-refractivity contribution >= 4 is 17.2 Å². The molecule has 0 bridgehead atoms. The monoisotopic (exact) mass is 389 g/mol. The summed E-state index contributed by atoms with van der Waals surface area (Å²) in [6.07, 6.45) is 0.297. The van der Waals surface area contributed by atoms with Gasteiger partial charge in [-0.3, -0.25) is 9.69 Å². The van der Waals surface area contributed by atoms with Crippen molar-refractivity contribution in [2.24, 2.45) is 0 Å². The number of thiazole rings is 1. The molecule has 0 unspecified atom stereocenters. The van der Waals surface area contributed by atoms with Crippen LogP contribution in [-0.4, -0.2) is 61.3 Å². The summed E-state index contributed by atoms with van der Waals surface area (Å²) in [6, 6.07) is 7.78. The summed E-state index contributed by atoms with van der Waals surface area (Å²) in [5, 5.41) is 5.92. The van der Waals surface area contributed by atoms with E-state index in [1.165, 1.54) is 0 Å². The smallest absolute Gasteiger partial charge is 0.226 e. The predicted octanol–water partition coefficient (Wildman–Crippen LogP) is 2.59. The van der Waals surface area contributed by atoms with Crippen molar-refractivity contribution in [3.8, 4) is 16.3 Å². The highest BCUT2D eigenvalue weighted by molar-refractivity contribution is 7.13. The lowest BCUT2D eigenvalue weighted by molar-refractivity contribution is -0.121. The zero-order valence-corrected chi connectivity index (χ0v) is 17.0. The Kier molecular flexibility index (Phi) is 6.46. The fraction of sp³-hybridized carbons (Fsp3) is 0.500. The van der Waals surface area contributed by atoms with Gasteiger partial charge in [0.25, 0.3) is 0 Å². The molecule has 7 heteroatoms. The number of hydrogen-bond acceptors (Lipinski definition) is 6. The molecule has 0 aliphatic carbocycles. The molecule has 0 saturated carbocycles. The first-order valence-corrected chi connectivity index (χ1v) is 10.0. The third-order valence-electron chi connectivity index (χ3n) is 4.82. The maximum Gasteiger partial charge on any atom is 0.226 e. The van der Waals surface area contributed by atoms with Gasteiger partial charge in [-0.15, -0.1) is 11.3 Å². The maximum atomic E-state index is 12.4. The van der Waals surface area contributed by atoms with Crippen molar-refractivity contribution in [1.29, 1.82) is 0 Å². The Balaban J connectivity index is 1.52. The van der Waals surface area contributed by atoms with Gasteiger partial charge in [0.2, 0.25) is 5.91 Å². The van der Waals surface area contributed by atoms with E-state index in [9.17, 15) is 4.79 Å². The Labute approximate surface area is 164 Å². The molecule has 2 heterocycles. The van der Waals surface area contributed by atoms with E-state index in [1.54, 1.807) is 18.4 Å². The molecule has 2 aromatic rings. The van der Waals surface area contributed by atoms with Crippen molar-refractivity contribution < 1.29 is 14.3 Å². The van der Waals surface area contributed by atoms with Crippen LogP contribution in [0.15, 0.2) is 29.6 Å². The van der Waals surface area contributed by atoms with Gasteiger partial charge in [0.15, 0.2) is 0 Å². The first kappa shape index (κ1) is 19.8. The van der Waals surface area contributed by atoms with Crippen LogP contribution in [0.4, 0.5) is 0 Å². The average molecular weight is 390 g/mol. The minimum absolute atomic E-state index is 0.00270. The second kappa shape index (κ2) is 8.82. The van der Waals surface area contributed by atoms with Crippen molar-refractivity contribution in [2.75, 3.05) is 40.0 Å². The topological polar surface area (TPSA) is 63.7 Å². The van der Waals surface area contributed by atoms with Crippen LogP contribution in [-0.2, 0) is 16.0 Å². The SMILES string of the molecule is COc1ccc(-c2nc(CC(=O)NCC(C)(C)N3CCOCC3)cs2)cc1. The molecule has 0 atom stereocenters. The molecule has 1 amide bonds. The number of hydrogen-bond donors (Lipinski definition) is 1. The van der Waals surface area contributed by atoms with Crippen LogP contribution in [0.3, 0.4) is 0 Å². The number of benzene rings is 1. The van der Waals surface area contributed by atoms with Crippen molar-refractivity contribution in [3.05, 3.63) is 35.3 Å². The molecule has 1 aliphatic heterocycles. The largest absolute Gasteiger partial charge is 0.497 e. The molecule has 146 valence electrons. The van der Waals surface area contributed by atoms with Gasteiger partial charge < -0.3 is 14.8 Å². The average Bonchev–Trinajstić information content (AvgIpc) is 3.15. The third kappa shape index (κ3) is 5.28. The summed E-state index contributed by atoms with van der Waals surface area (Å²) in [6.45, 7) is 8.24. The lowest BCUT2D eigenvalue weighted by Gasteiger charge is -2.40. The summed E-state index contributed by atoms with van der Waals surface area (Å²) >= 11 is 1.55. The van der Waals surface area contributed by atoms with Crippen LogP contribution in [0.1, 0.15) is 19.5 Å². The summed E-state index contributed by atoms with van der Waals surface area (Å²) < 4.78 is 10.6. The van der Waals surface area contributed by atoms with Crippen LogP contribution in [0.5, 0.6) is 5.75 Å². The highest BCUT2D eigenvalue weighted by Gasteiger charge is 2.28. The van der Waals surface area contributed by atoms with Crippen LogP contribution in [0.25, 0.3) is 10.6 Å². The minimum atomic E-state index is -0.0875. The first-order valence-electron chi connectivity index (χ1n) is 9.16. The van der Waals surface area contributed by atoms with E-state index in [1.807, 2.05) is 29.6 Å². The number of nitrogens with zero attached hydrogens (tertiary/aromatic N) is 2. The Morgan fingerprint density at radius 1 is 1.30 bits per heavy atom. The Hall–Kier alpha value is -1.96. The molecule has 1 aromatic carbocycles. The second-order valence-electron chi connectivity index (χ2n) is 7.24. The molecule has 1 saturated heterocycles. The van der Waals surface area contributed by atoms with Crippen molar-refractivity contribution in [1.82, 2.24) is 15.2 Å². The molecule has 3 rings (SSSR count). The number of carbonyl (C=O) groups is 1. The van der Waals surface area contributed by atoms with Crippen LogP contribution in [0.2, 0.25) is 0 Å². The van der Waals surface area contributed by atoms with Gasteiger partial charge in [0, 0.05) is 36.1 Å². The van der Waals surface area contributed by atoms with Crippen LogP contribution in [0, 0.1) is 0 Å². The van der Waals surface area contributed by atoms with E-state index in [-0.39, 0.29) is 11.4 Å². The number of amides is 1. The lowest BCUT2D eigenvalue weighted by atomic mass is 10.0. The van der Waals surface area contributed by atoms with Crippen molar-refractivity contribution in [2.45, 2.75) is 25.8 Å². The molecule has 0 radical (unpaired) electrons. The van der Waals surface area contributed by atoms with Gasteiger partial charge in [-0.05, 0) is 38.1 Å². The van der Waals surface area contributed by atoms with Crippen LogP contribution >= 0.6 is 11.3 Å². The Morgan fingerprint density at radius 3 is 2.67 bits per heavy atom. The van der Waals surface area contributed by atoms with Crippen molar-refractivity contribution in [3.63, 3.8) is 0 Å². The Bertz CT molecular complexity index is 752. The quantitative estimate of drug-likeness (QED) is 0.789. The van der Waals surface area contributed by atoms with E-state index in [4.69, 9.17) is 9.47 Å². The molecule has 1 N–H and O–H groups in total. The highest BCUT2D eigenvalue weighted by atomic mass is 32.1. The van der Waals surface area contributed by atoms with E-state index in [2.05, 4.69) is 29.0 Å². The number of rotatable bonds is 7. The lowest BCUT2D eigenvalue weighted by Crippen LogP contribution is -2.55. The molecule has 1 fully saturated rings.